The molecule has 1 N–H and O–H groups in total. The van der Waals surface area contributed by atoms with Gasteiger partial charge in [0.05, 0.1) is 13.2 Å². The van der Waals surface area contributed by atoms with E-state index in [1.165, 1.54) is 6.42 Å². The molecule has 0 aromatic heterocycles. The molecule has 2 unspecified atom stereocenters. The lowest BCUT2D eigenvalue weighted by Gasteiger charge is -2.18. The molecule has 1 fully saturated rings. The minimum Gasteiger partial charge on any atom is -0.490 e. The molecule has 2 aliphatic heterocycles. The third-order valence-electron chi connectivity index (χ3n) is 4.07. The minimum absolute atomic E-state index is 0.456. The summed E-state index contributed by atoms with van der Waals surface area (Å²) >= 11 is 0. The maximum absolute atomic E-state index is 13.9. The van der Waals surface area contributed by atoms with Crippen LogP contribution in [0.2, 0.25) is 0 Å². The van der Waals surface area contributed by atoms with Crippen LogP contribution in [0.5, 0.6) is 11.5 Å². The Morgan fingerprint density at radius 3 is 2.65 bits per heavy atom. The van der Waals surface area contributed by atoms with E-state index >= 15 is 0 Å². The molecule has 2 atom stereocenters. The first-order valence-corrected chi connectivity index (χ1v) is 7.54. The number of ether oxygens (including phenoxy) is 2. The van der Waals surface area contributed by atoms with Crippen LogP contribution in [0.15, 0.2) is 12.1 Å². The van der Waals surface area contributed by atoms with E-state index in [0.29, 0.717) is 25.0 Å². The zero-order valence-electron chi connectivity index (χ0n) is 12.0. The lowest BCUT2D eigenvalue weighted by atomic mass is 9.96. The standard InChI is InChI=1S/C16H22FNO2/c1-11(17)14-10-16-15(19-6-3-7-20-16)9-12(14)8-13-4-2-5-18-13/h9-11,13,18H,2-8H2,1H3. The fourth-order valence-corrected chi connectivity index (χ4v) is 3.01. The van der Waals surface area contributed by atoms with Crippen molar-refractivity contribution >= 4 is 0 Å². The van der Waals surface area contributed by atoms with Crippen molar-refractivity contribution in [2.75, 3.05) is 19.8 Å². The summed E-state index contributed by atoms with van der Waals surface area (Å²) in [6, 6.07) is 4.26. The van der Waals surface area contributed by atoms with Crippen molar-refractivity contribution in [3.05, 3.63) is 23.3 Å². The Balaban J connectivity index is 1.91. The van der Waals surface area contributed by atoms with Crippen LogP contribution in [0.3, 0.4) is 0 Å². The van der Waals surface area contributed by atoms with Gasteiger partial charge in [0.1, 0.15) is 6.17 Å². The molecule has 0 radical (unpaired) electrons. The van der Waals surface area contributed by atoms with Crippen LogP contribution in [0.25, 0.3) is 0 Å². The lowest BCUT2D eigenvalue weighted by Crippen LogP contribution is -2.24. The Morgan fingerprint density at radius 1 is 1.25 bits per heavy atom. The van der Waals surface area contributed by atoms with Gasteiger partial charge in [0, 0.05) is 12.5 Å². The van der Waals surface area contributed by atoms with Gasteiger partial charge in [0.2, 0.25) is 0 Å². The molecule has 3 rings (SSSR count). The van der Waals surface area contributed by atoms with Gasteiger partial charge in [-0.25, -0.2) is 4.39 Å². The van der Waals surface area contributed by atoms with Gasteiger partial charge in [0.15, 0.2) is 11.5 Å². The summed E-state index contributed by atoms with van der Waals surface area (Å²) < 4.78 is 25.3. The first-order chi connectivity index (χ1) is 9.74. The summed E-state index contributed by atoms with van der Waals surface area (Å²) in [5.41, 5.74) is 1.78. The summed E-state index contributed by atoms with van der Waals surface area (Å²) in [5, 5.41) is 3.47. The Kier molecular flexibility index (Phi) is 4.10. The number of halogens is 1. The Hall–Kier alpha value is -1.29. The molecule has 1 aromatic carbocycles. The highest BCUT2D eigenvalue weighted by atomic mass is 19.1. The smallest absolute Gasteiger partial charge is 0.161 e. The van der Waals surface area contributed by atoms with Crippen molar-refractivity contribution in [3.63, 3.8) is 0 Å². The molecule has 110 valence electrons. The van der Waals surface area contributed by atoms with Crippen LogP contribution in [-0.2, 0) is 6.42 Å². The molecule has 3 nitrogen and oxygen atoms in total. The first-order valence-electron chi connectivity index (χ1n) is 7.54. The zero-order chi connectivity index (χ0) is 13.9. The highest BCUT2D eigenvalue weighted by molar-refractivity contribution is 5.48. The molecule has 0 spiro atoms. The van der Waals surface area contributed by atoms with E-state index in [9.17, 15) is 4.39 Å². The predicted molar refractivity (Wildman–Crippen MR) is 76.3 cm³/mol. The van der Waals surface area contributed by atoms with Gasteiger partial charge in [0.25, 0.3) is 0 Å². The van der Waals surface area contributed by atoms with E-state index in [1.54, 1.807) is 6.92 Å². The van der Waals surface area contributed by atoms with Crippen LogP contribution in [-0.4, -0.2) is 25.8 Å². The molecule has 1 aromatic rings. The average molecular weight is 279 g/mol. The Morgan fingerprint density at radius 2 is 2.00 bits per heavy atom. The predicted octanol–water partition coefficient (Wildman–Crippen LogP) is 3.17. The summed E-state index contributed by atoms with van der Waals surface area (Å²) in [7, 11) is 0. The number of fused-ring (bicyclic) bond motifs is 1. The quantitative estimate of drug-likeness (QED) is 0.922. The molecule has 4 heteroatoms. The van der Waals surface area contributed by atoms with E-state index in [1.807, 2.05) is 12.1 Å². The van der Waals surface area contributed by atoms with Crippen LogP contribution in [0.4, 0.5) is 4.39 Å². The van der Waals surface area contributed by atoms with Crippen molar-refractivity contribution in [1.29, 1.82) is 0 Å². The van der Waals surface area contributed by atoms with Crippen molar-refractivity contribution in [2.24, 2.45) is 0 Å². The summed E-state index contributed by atoms with van der Waals surface area (Å²) in [6.45, 7) is 3.95. The van der Waals surface area contributed by atoms with Gasteiger partial charge in [-0.2, -0.15) is 0 Å². The van der Waals surface area contributed by atoms with E-state index in [4.69, 9.17) is 9.47 Å². The largest absolute Gasteiger partial charge is 0.490 e. The number of nitrogens with one attached hydrogen (secondary N) is 1. The first kappa shape index (κ1) is 13.7. The SMILES string of the molecule is CC(F)c1cc2c(cc1CC1CCCN1)OCCCO2. The molecule has 20 heavy (non-hydrogen) atoms. The van der Waals surface area contributed by atoms with E-state index in [-0.39, 0.29) is 0 Å². The van der Waals surface area contributed by atoms with Gasteiger partial charge in [-0.15, -0.1) is 0 Å². The van der Waals surface area contributed by atoms with Gasteiger partial charge in [-0.05, 0) is 56.0 Å². The van der Waals surface area contributed by atoms with Gasteiger partial charge >= 0.3 is 0 Å². The monoisotopic (exact) mass is 279 g/mol. The summed E-state index contributed by atoms with van der Waals surface area (Å²) in [6.07, 6.45) is 3.11. The Labute approximate surface area is 119 Å². The molecule has 0 aliphatic carbocycles. The van der Waals surface area contributed by atoms with Crippen LogP contribution in [0, 0.1) is 0 Å². The minimum atomic E-state index is -0.983. The Bertz CT molecular complexity index is 470. The van der Waals surface area contributed by atoms with Crippen molar-refractivity contribution in [1.82, 2.24) is 5.32 Å². The average Bonchev–Trinajstić information content (AvgIpc) is 2.82. The van der Waals surface area contributed by atoms with Gasteiger partial charge in [-0.1, -0.05) is 0 Å². The van der Waals surface area contributed by atoms with Gasteiger partial charge in [-0.3, -0.25) is 0 Å². The molecule has 2 aliphatic rings. The maximum Gasteiger partial charge on any atom is 0.161 e. The second kappa shape index (κ2) is 6.00. The fraction of sp³-hybridized carbons (Fsp3) is 0.625. The number of hydrogen-bond acceptors (Lipinski definition) is 3. The van der Waals surface area contributed by atoms with Gasteiger partial charge < -0.3 is 14.8 Å². The van der Waals surface area contributed by atoms with E-state index in [2.05, 4.69) is 5.32 Å². The van der Waals surface area contributed by atoms with Crippen LogP contribution >= 0.6 is 0 Å². The van der Waals surface area contributed by atoms with Crippen LogP contribution in [0.1, 0.15) is 43.5 Å². The second-order valence-corrected chi connectivity index (χ2v) is 5.66. The molecular weight excluding hydrogens is 257 g/mol. The van der Waals surface area contributed by atoms with Crippen molar-refractivity contribution in [3.8, 4) is 11.5 Å². The van der Waals surface area contributed by atoms with Crippen LogP contribution < -0.4 is 14.8 Å². The molecule has 2 heterocycles. The van der Waals surface area contributed by atoms with E-state index in [0.717, 1.165) is 42.7 Å². The number of rotatable bonds is 3. The fourth-order valence-electron chi connectivity index (χ4n) is 3.01. The molecule has 0 amide bonds. The molecule has 1 saturated heterocycles. The maximum atomic E-state index is 13.9. The number of benzene rings is 1. The normalized spacial score (nSPS) is 23.4. The molecular formula is C16H22FNO2. The topological polar surface area (TPSA) is 30.5 Å². The summed E-state index contributed by atoms with van der Waals surface area (Å²) in [4.78, 5) is 0. The highest BCUT2D eigenvalue weighted by Gasteiger charge is 2.21. The third-order valence-corrected chi connectivity index (χ3v) is 4.07. The number of hydrogen-bond donors (Lipinski definition) is 1. The highest BCUT2D eigenvalue weighted by Crippen LogP contribution is 2.36. The molecule has 0 bridgehead atoms. The third kappa shape index (κ3) is 2.90. The summed E-state index contributed by atoms with van der Waals surface area (Å²) in [5.74, 6) is 1.45. The van der Waals surface area contributed by atoms with Crippen molar-refractivity contribution in [2.45, 2.75) is 44.8 Å². The lowest BCUT2D eigenvalue weighted by molar-refractivity contribution is 0.296. The van der Waals surface area contributed by atoms with E-state index < -0.39 is 6.17 Å². The number of alkyl halides is 1. The second-order valence-electron chi connectivity index (χ2n) is 5.66. The zero-order valence-corrected chi connectivity index (χ0v) is 12.0. The van der Waals surface area contributed by atoms with Crippen molar-refractivity contribution < 1.29 is 13.9 Å². The molecule has 0 saturated carbocycles.